The number of nitrogens with one attached hydrogen (secondary N) is 1. The molecule has 0 aromatic heterocycles. The van der Waals surface area contributed by atoms with Crippen molar-refractivity contribution in [3.05, 3.63) is 122 Å². The van der Waals surface area contributed by atoms with Crippen molar-refractivity contribution in [3.63, 3.8) is 0 Å². The quantitative estimate of drug-likeness (QED) is 0.0503. The van der Waals surface area contributed by atoms with Gasteiger partial charge in [-0.25, -0.2) is 9.59 Å². The van der Waals surface area contributed by atoms with Crippen LogP contribution in [0.2, 0.25) is 0 Å². The van der Waals surface area contributed by atoms with E-state index in [0.29, 0.717) is 61.4 Å². The Kier molecular flexibility index (Phi) is 16.3. The largest absolute Gasteiger partial charge is 0.479 e. The summed E-state index contributed by atoms with van der Waals surface area (Å²) >= 11 is 0. The molecule has 1 fully saturated rings. The Morgan fingerprint density at radius 3 is 2.47 bits per heavy atom. The summed E-state index contributed by atoms with van der Waals surface area (Å²) in [7, 11) is 4.97. The third-order valence-electron chi connectivity index (χ3n) is 11.2. The smallest absolute Gasteiger partial charge is 0.337 e. The Morgan fingerprint density at radius 1 is 1.12 bits per heavy atom. The number of allylic oxidation sites excluding steroid dienone is 7. The summed E-state index contributed by atoms with van der Waals surface area (Å²) in [6.45, 7) is 26.3. The molecule has 4 rings (SSSR count). The van der Waals surface area contributed by atoms with Gasteiger partial charge in [0.05, 0.1) is 30.8 Å². The van der Waals surface area contributed by atoms with Crippen molar-refractivity contribution >= 4 is 29.4 Å². The predicted octanol–water partition coefficient (Wildman–Crippen LogP) is 10.1. The first-order chi connectivity index (χ1) is 27.8. The molecule has 1 heterocycles. The van der Waals surface area contributed by atoms with Gasteiger partial charge < -0.3 is 29.2 Å². The monoisotopic (exact) mass is 811 g/mol. The summed E-state index contributed by atoms with van der Waals surface area (Å²) in [5.74, 6) is 0.201. The molecule has 1 N–H and O–H groups in total. The standard InChI is InChI=1S/C48H65N3O8/c1-13-14-35(23-41(29-56-11)34(6)46(52)59-48(7,8)9)21-36-17-18-43(51(54)55)42(24-36)49-26-37-15-16-38(22-37)28-58-45-44(33(5)32(4)27-50(45)10)39-19-30(2)31(3)20-40(25-39)47(53)57-12/h17-21,24-25,33,37-38,41,49H,2,4,6,13-16,22-23,26-29H2,1,3,5,7-12H3/b35-21-/t33?,37-,38+,41-/m1/s1. The molecule has 0 spiro atoms. The molecule has 11 nitrogen and oxygen atoms in total. The fraction of sp³-hybridized carbons (Fsp3) is 0.500. The van der Waals surface area contributed by atoms with Gasteiger partial charge in [0.15, 0.2) is 5.88 Å². The summed E-state index contributed by atoms with van der Waals surface area (Å²) in [6, 6.07) is 5.16. The summed E-state index contributed by atoms with van der Waals surface area (Å²) in [6.07, 6.45) is 12.8. The number of ether oxygens (including phenoxy) is 4. The van der Waals surface area contributed by atoms with E-state index in [0.717, 1.165) is 77.0 Å². The van der Waals surface area contributed by atoms with Crippen molar-refractivity contribution in [2.75, 3.05) is 52.9 Å². The Labute approximate surface area is 351 Å². The van der Waals surface area contributed by atoms with Crippen LogP contribution in [0.3, 0.4) is 0 Å². The van der Waals surface area contributed by atoms with E-state index in [4.69, 9.17) is 18.9 Å². The average molecular weight is 812 g/mol. The van der Waals surface area contributed by atoms with Crippen LogP contribution in [0.1, 0.15) is 85.6 Å². The van der Waals surface area contributed by atoms with E-state index in [1.54, 1.807) is 25.3 Å². The molecule has 0 radical (unpaired) electrons. The molecule has 1 saturated carbocycles. The van der Waals surface area contributed by atoms with Gasteiger partial charge in [-0.15, -0.1) is 0 Å². The maximum atomic E-state index is 12.9. The number of anilines is 1. The lowest BCUT2D eigenvalue weighted by molar-refractivity contribution is -0.384. The predicted molar refractivity (Wildman–Crippen MR) is 235 cm³/mol. The van der Waals surface area contributed by atoms with E-state index in [1.165, 1.54) is 7.11 Å². The Hall–Kier alpha value is -5.16. The molecule has 0 amide bonds. The molecule has 1 aliphatic heterocycles. The number of benzene rings is 1. The Balaban J connectivity index is 1.49. The molecule has 59 heavy (non-hydrogen) atoms. The van der Waals surface area contributed by atoms with Gasteiger partial charge in [0.2, 0.25) is 0 Å². The maximum absolute atomic E-state index is 12.9. The van der Waals surface area contributed by atoms with Crippen molar-refractivity contribution in [2.24, 2.45) is 23.7 Å². The van der Waals surface area contributed by atoms with Gasteiger partial charge in [-0.1, -0.05) is 57.2 Å². The molecule has 1 unspecified atom stereocenters. The zero-order valence-electron chi connectivity index (χ0n) is 36.7. The van der Waals surface area contributed by atoms with E-state index < -0.39 is 17.5 Å². The summed E-state index contributed by atoms with van der Waals surface area (Å²) in [5.41, 5.74) is 7.11. The van der Waals surface area contributed by atoms with Crippen LogP contribution in [0.15, 0.2) is 107 Å². The van der Waals surface area contributed by atoms with Gasteiger partial charge >= 0.3 is 11.9 Å². The fourth-order valence-electron chi connectivity index (χ4n) is 7.95. The number of esters is 2. The lowest BCUT2D eigenvalue weighted by Crippen LogP contribution is -2.33. The molecule has 4 atom stereocenters. The molecule has 0 bridgehead atoms. The summed E-state index contributed by atoms with van der Waals surface area (Å²) in [4.78, 5) is 39.5. The number of nitrogens with zero attached hydrogens (tertiary/aromatic N) is 2. The molecule has 3 aliphatic rings. The van der Waals surface area contributed by atoms with E-state index in [1.807, 2.05) is 53.0 Å². The highest BCUT2D eigenvalue weighted by atomic mass is 16.6. The number of rotatable bonds is 18. The van der Waals surface area contributed by atoms with Gasteiger partial charge in [0, 0.05) is 56.3 Å². The molecule has 2 aliphatic carbocycles. The lowest BCUT2D eigenvalue weighted by Gasteiger charge is -2.36. The fourth-order valence-corrected chi connectivity index (χ4v) is 7.95. The van der Waals surface area contributed by atoms with E-state index in [2.05, 4.69) is 49.9 Å². The van der Waals surface area contributed by atoms with Crippen molar-refractivity contribution < 1.29 is 33.5 Å². The van der Waals surface area contributed by atoms with Crippen molar-refractivity contribution in [2.45, 2.75) is 85.7 Å². The van der Waals surface area contributed by atoms with Crippen molar-refractivity contribution in [1.29, 1.82) is 0 Å². The zero-order valence-corrected chi connectivity index (χ0v) is 36.7. The van der Waals surface area contributed by atoms with Crippen molar-refractivity contribution in [1.82, 2.24) is 4.90 Å². The summed E-state index contributed by atoms with van der Waals surface area (Å²) < 4.78 is 22.8. The van der Waals surface area contributed by atoms with Crippen LogP contribution in [0, 0.1) is 33.8 Å². The van der Waals surface area contributed by atoms with Crippen LogP contribution >= 0.6 is 0 Å². The maximum Gasteiger partial charge on any atom is 0.337 e. The first-order valence-corrected chi connectivity index (χ1v) is 20.6. The Bertz CT molecular complexity index is 1960. The molecule has 320 valence electrons. The molecular formula is C48H65N3O8. The van der Waals surface area contributed by atoms with Crippen LogP contribution in [0.4, 0.5) is 11.4 Å². The van der Waals surface area contributed by atoms with E-state index >= 15 is 0 Å². The molecule has 0 saturated heterocycles. The minimum absolute atomic E-state index is 0.0164. The second-order valence-electron chi connectivity index (χ2n) is 17.2. The number of methoxy groups -OCH3 is 2. The lowest BCUT2D eigenvalue weighted by atomic mass is 9.84. The molecular weight excluding hydrogens is 747 g/mol. The topological polar surface area (TPSA) is 129 Å². The summed E-state index contributed by atoms with van der Waals surface area (Å²) in [5, 5.41) is 15.6. The van der Waals surface area contributed by atoms with E-state index in [9.17, 15) is 19.7 Å². The Morgan fingerprint density at radius 2 is 1.83 bits per heavy atom. The van der Waals surface area contributed by atoms with Gasteiger partial charge in [0.1, 0.15) is 11.3 Å². The van der Waals surface area contributed by atoms with Crippen molar-refractivity contribution in [3.8, 4) is 0 Å². The zero-order chi connectivity index (χ0) is 43.6. The van der Waals surface area contributed by atoms with Gasteiger partial charge in [-0.2, -0.15) is 0 Å². The highest BCUT2D eigenvalue weighted by Gasteiger charge is 2.33. The third-order valence-corrected chi connectivity index (χ3v) is 11.2. The molecule has 1 aromatic rings. The highest BCUT2D eigenvalue weighted by molar-refractivity contribution is 5.93. The second-order valence-corrected chi connectivity index (χ2v) is 17.2. The first kappa shape index (κ1) is 46.5. The number of carbonyl (C=O) groups is 2. The highest BCUT2D eigenvalue weighted by Crippen LogP contribution is 2.40. The third kappa shape index (κ3) is 12.7. The number of hydrogen-bond acceptors (Lipinski definition) is 10. The molecule has 1 aromatic carbocycles. The normalized spacial score (nSPS) is 20.6. The van der Waals surface area contributed by atoms with E-state index in [-0.39, 0.29) is 22.4 Å². The minimum atomic E-state index is -0.643. The van der Waals surface area contributed by atoms with Gasteiger partial charge in [-0.05, 0) is 124 Å². The number of nitro groups is 1. The molecule has 11 heteroatoms. The number of carbonyl (C=O) groups excluding carboxylic acids is 2. The number of likely N-dealkylation sites (N-methyl/N-ethyl adjacent to an activating group) is 1. The van der Waals surface area contributed by atoms with Gasteiger partial charge in [0.25, 0.3) is 5.69 Å². The number of hydrogen-bond donors (Lipinski definition) is 1. The van der Waals surface area contributed by atoms with Crippen LogP contribution in [0.25, 0.3) is 6.08 Å². The number of nitro benzene ring substituents is 1. The first-order valence-electron chi connectivity index (χ1n) is 20.6. The van der Waals surface area contributed by atoms with Crippen LogP contribution < -0.4 is 5.32 Å². The minimum Gasteiger partial charge on any atom is -0.479 e. The van der Waals surface area contributed by atoms with Crippen LogP contribution in [-0.4, -0.2) is 74.9 Å². The van der Waals surface area contributed by atoms with Crippen LogP contribution in [-0.2, 0) is 28.5 Å². The van der Waals surface area contributed by atoms with Gasteiger partial charge in [-0.3, -0.25) is 10.1 Å². The average Bonchev–Trinajstić information content (AvgIpc) is 3.57. The SMILES string of the molecule is C=C1C=C(C2=C(OC[C@H]3CC[C@@H](CNc4cc(/C=C(/CCC)C[C@H](COC)C(=C)C(=O)OC(C)(C)C)ccc4[N+](=O)[O-])C3)N(C)CC(=C)C2C)C=C(C(=O)OC)C=C1C. The second kappa shape index (κ2) is 20.7. The van der Waals surface area contributed by atoms with Crippen LogP contribution in [0.5, 0.6) is 0 Å².